The predicted molar refractivity (Wildman–Crippen MR) is 78.0 cm³/mol. The number of esters is 1. The van der Waals surface area contributed by atoms with Crippen LogP contribution in [0.2, 0.25) is 0 Å². The van der Waals surface area contributed by atoms with Crippen LogP contribution in [0.4, 0.5) is 0 Å². The van der Waals surface area contributed by atoms with Crippen molar-refractivity contribution in [2.24, 2.45) is 0 Å². The molecule has 0 aliphatic heterocycles. The van der Waals surface area contributed by atoms with E-state index in [0.717, 1.165) is 24.2 Å². The van der Waals surface area contributed by atoms with Gasteiger partial charge >= 0.3 is 5.97 Å². The fourth-order valence-corrected chi connectivity index (χ4v) is 2.11. The van der Waals surface area contributed by atoms with Crippen molar-refractivity contribution in [3.63, 3.8) is 0 Å². The molecule has 1 atom stereocenters. The Bertz CT molecular complexity index is 469. The summed E-state index contributed by atoms with van der Waals surface area (Å²) in [5.41, 5.74) is 2.36. The molecule has 1 fully saturated rings. The highest BCUT2D eigenvalue weighted by Gasteiger charge is 2.28. The topological polar surface area (TPSA) is 47.6 Å². The van der Waals surface area contributed by atoms with Gasteiger partial charge in [-0.2, -0.15) is 0 Å². The van der Waals surface area contributed by atoms with E-state index < -0.39 is 0 Å². The van der Waals surface area contributed by atoms with Crippen LogP contribution < -0.4 is 10.1 Å². The number of hydrogen-bond donors (Lipinski definition) is 1. The molecule has 2 rings (SSSR count). The summed E-state index contributed by atoms with van der Waals surface area (Å²) in [6, 6.07) is 6.22. The highest BCUT2D eigenvalue weighted by Crippen LogP contribution is 2.22. The van der Waals surface area contributed by atoms with Crippen LogP contribution in [-0.4, -0.2) is 31.8 Å². The number of aryl methyl sites for hydroxylation is 1. The van der Waals surface area contributed by atoms with Crippen LogP contribution >= 0.6 is 0 Å². The lowest BCUT2D eigenvalue weighted by atomic mass is 10.1. The fourth-order valence-electron chi connectivity index (χ4n) is 2.11. The van der Waals surface area contributed by atoms with Gasteiger partial charge in [0.1, 0.15) is 11.8 Å². The van der Waals surface area contributed by atoms with Crippen molar-refractivity contribution < 1.29 is 14.3 Å². The molecule has 1 unspecified atom stereocenters. The number of carbonyl (C=O) groups is 1. The number of carbonyl (C=O) groups excluding carboxylic acids is 1. The highest BCUT2D eigenvalue weighted by atomic mass is 16.5. The first-order valence-electron chi connectivity index (χ1n) is 7.14. The van der Waals surface area contributed by atoms with Gasteiger partial charge in [-0.25, -0.2) is 0 Å². The number of ether oxygens (including phenoxy) is 2. The van der Waals surface area contributed by atoms with Gasteiger partial charge in [0.05, 0.1) is 13.7 Å². The van der Waals surface area contributed by atoms with E-state index in [4.69, 9.17) is 9.47 Å². The summed E-state index contributed by atoms with van der Waals surface area (Å²) in [7, 11) is 1.43. The maximum absolute atomic E-state index is 11.7. The molecule has 1 aromatic carbocycles. The highest BCUT2D eigenvalue weighted by molar-refractivity contribution is 5.75. The Hall–Kier alpha value is -1.55. The van der Waals surface area contributed by atoms with E-state index in [1.807, 2.05) is 19.1 Å². The Labute approximate surface area is 120 Å². The van der Waals surface area contributed by atoms with E-state index in [1.165, 1.54) is 12.7 Å². The van der Waals surface area contributed by atoms with Crippen LogP contribution in [0.15, 0.2) is 18.2 Å². The van der Waals surface area contributed by atoms with Crippen molar-refractivity contribution in [2.75, 3.05) is 13.7 Å². The Morgan fingerprint density at radius 3 is 2.80 bits per heavy atom. The Morgan fingerprint density at radius 1 is 1.40 bits per heavy atom. The minimum Gasteiger partial charge on any atom is -0.493 e. The van der Waals surface area contributed by atoms with Gasteiger partial charge in [-0.1, -0.05) is 12.1 Å². The minimum atomic E-state index is -0.266. The van der Waals surface area contributed by atoms with Crippen LogP contribution in [-0.2, 0) is 9.53 Å². The lowest BCUT2D eigenvalue weighted by Gasteiger charge is -2.17. The van der Waals surface area contributed by atoms with E-state index in [2.05, 4.69) is 18.3 Å². The Morgan fingerprint density at radius 2 is 2.15 bits per heavy atom. The molecule has 4 heteroatoms. The smallest absolute Gasteiger partial charge is 0.322 e. The molecule has 1 aromatic rings. The van der Waals surface area contributed by atoms with Gasteiger partial charge in [-0.15, -0.1) is 0 Å². The zero-order valence-corrected chi connectivity index (χ0v) is 12.4. The molecule has 0 saturated heterocycles. The van der Waals surface area contributed by atoms with Crippen LogP contribution in [0.5, 0.6) is 5.75 Å². The van der Waals surface area contributed by atoms with E-state index in [0.29, 0.717) is 19.1 Å². The largest absolute Gasteiger partial charge is 0.493 e. The number of methoxy groups -OCH3 is 1. The summed E-state index contributed by atoms with van der Waals surface area (Å²) in [5.74, 6) is 0.682. The third-order valence-electron chi connectivity index (χ3n) is 3.72. The summed E-state index contributed by atoms with van der Waals surface area (Å²) in [6.45, 7) is 4.61. The van der Waals surface area contributed by atoms with Crippen LogP contribution in [0.1, 0.15) is 30.4 Å². The van der Waals surface area contributed by atoms with Crippen molar-refractivity contribution in [2.45, 2.75) is 45.2 Å². The first-order chi connectivity index (χ1) is 9.61. The molecule has 20 heavy (non-hydrogen) atoms. The zero-order chi connectivity index (χ0) is 14.5. The van der Waals surface area contributed by atoms with E-state index in [1.54, 1.807) is 0 Å². The van der Waals surface area contributed by atoms with Crippen molar-refractivity contribution in [3.8, 4) is 5.75 Å². The average Bonchev–Trinajstić information content (AvgIpc) is 3.25. The lowest BCUT2D eigenvalue weighted by Crippen LogP contribution is -2.40. The normalized spacial score (nSPS) is 15.8. The van der Waals surface area contributed by atoms with Gasteiger partial charge in [-0.05, 0) is 43.9 Å². The van der Waals surface area contributed by atoms with Gasteiger partial charge in [0, 0.05) is 12.5 Å². The third kappa shape index (κ3) is 3.97. The second kappa shape index (κ2) is 6.75. The van der Waals surface area contributed by atoms with Gasteiger partial charge in [-0.3, -0.25) is 4.79 Å². The first-order valence-corrected chi connectivity index (χ1v) is 7.14. The SMILES string of the molecule is COC(=O)C(CCOc1cccc(C)c1C)NC1CC1. The summed E-state index contributed by atoms with van der Waals surface area (Å²) < 4.78 is 10.6. The van der Waals surface area contributed by atoms with E-state index in [9.17, 15) is 4.79 Å². The second-order valence-electron chi connectivity index (χ2n) is 5.35. The molecular weight excluding hydrogens is 254 g/mol. The van der Waals surface area contributed by atoms with Gasteiger partial charge in [0.2, 0.25) is 0 Å². The molecule has 0 amide bonds. The molecule has 1 N–H and O–H groups in total. The Kier molecular flexibility index (Phi) is 5.01. The molecular formula is C16H23NO3. The average molecular weight is 277 g/mol. The van der Waals surface area contributed by atoms with Gasteiger partial charge < -0.3 is 14.8 Å². The molecule has 0 heterocycles. The first kappa shape index (κ1) is 14.9. The number of rotatable bonds is 7. The van der Waals surface area contributed by atoms with Crippen molar-refractivity contribution in [1.82, 2.24) is 5.32 Å². The summed E-state index contributed by atoms with van der Waals surface area (Å²) in [5, 5.41) is 3.30. The van der Waals surface area contributed by atoms with Gasteiger partial charge in [0.15, 0.2) is 0 Å². The fraction of sp³-hybridized carbons (Fsp3) is 0.562. The van der Waals surface area contributed by atoms with Crippen LogP contribution in [0.3, 0.4) is 0 Å². The molecule has 4 nitrogen and oxygen atoms in total. The number of hydrogen-bond acceptors (Lipinski definition) is 4. The summed E-state index contributed by atoms with van der Waals surface area (Å²) in [4.78, 5) is 11.7. The standard InChI is InChI=1S/C16H23NO3/c1-11-5-4-6-15(12(11)2)20-10-9-14(16(18)19-3)17-13-7-8-13/h4-6,13-14,17H,7-10H2,1-3H3. The molecule has 0 spiro atoms. The molecule has 1 saturated carbocycles. The number of nitrogens with one attached hydrogen (secondary N) is 1. The summed E-state index contributed by atoms with van der Waals surface area (Å²) in [6.07, 6.45) is 2.91. The molecule has 1 aliphatic rings. The quantitative estimate of drug-likeness (QED) is 0.777. The van der Waals surface area contributed by atoms with Gasteiger partial charge in [0.25, 0.3) is 0 Å². The van der Waals surface area contributed by atoms with Crippen molar-refractivity contribution >= 4 is 5.97 Å². The molecule has 0 bridgehead atoms. The predicted octanol–water partition coefficient (Wildman–Crippen LogP) is 2.37. The Balaban J connectivity index is 1.85. The third-order valence-corrected chi connectivity index (χ3v) is 3.72. The molecule has 110 valence electrons. The summed E-state index contributed by atoms with van der Waals surface area (Å²) >= 11 is 0. The van der Waals surface area contributed by atoms with E-state index >= 15 is 0 Å². The number of benzene rings is 1. The molecule has 0 radical (unpaired) electrons. The van der Waals surface area contributed by atoms with E-state index in [-0.39, 0.29) is 12.0 Å². The van der Waals surface area contributed by atoms with Crippen molar-refractivity contribution in [1.29, 1.82) is 0 Å². The van der Waals surface area contributed by atoms with Crippen molar-refractivity contribution in [3.05, 3.63) is 29.3 Å². The van der Waals surface area contributed by atoms with Crippen LogP contribution in [0.25, 0.3) is 0 Å². The minimum absolute atomic E-state index is 0.207. The second-order valence-corrected chi connectivity index (χ2v) is 5.35. The molecule has 1 aliphatic carbocycles. The zero-order valence-electron chi connectivity index (χ0n) is 12.4. The monoisotopic (exact) mass is 277 g/mol. The lowest BCUT2D eigenvalue weighted by molar-refractivity contribution is -0.143. The maximum Gasteiger partial charge on any atom is 0.322 e. The van der Waals surface area contributed by atoms with Crippen LogP contribution in [0, 0.1) is 13.8 Å². The maximum atomic E-state index is 11.7. The molecule has 0 aromatic heterocycles.